The predicted molar refractivity (Wildman–Crippen MR) is 107 cm³/mol. The molecule has 0 aliphatic heterocycles. The number of hydrogen-bond acceptors (Lipinski definition) is 4. The van der Waals surface area contributed by atoms with E-state index in [0.717, 1.165) is 34.3 Å². The van der Waals surface area contributed by atoms with Crippen molar-refractivity contribution in [3.8, 4) is 0 Å². The summed E-state index contributed by atoms with van der Waals surface area (Å²) in [5, 5.41) is 4.25. The minimum Gasteiger partial charge on any atom is -0.365 e. The number of fused-ring (bicyclic) bond motifs is 1. The van der Waals surface area contributed by atoms with Crippen molar-refractivity contribution in [1.82, 2.24) is 4.57 Å². The molecule has 2 heterocycles. The minimum absolute atomic E-state index is 0.0280. The van der Waals surface area contributed by atoms with Crippen LogP contribution in [-0.4, -0.2) is 10.5 Å². The van der Waals surface area contributed by atoms with Gasteiger partial charge in [0, 0.05) is 23.7 Å². The number of hydrogen-bond donors (Lipinski definition) is 2. The Morgan fingerprint density at radius 1 is 1.27 bits per heavy atom. The largest absolute Gasteiger partial charge is 0.365 e. The fourth-order valence-electron chi connectivity index (χ4n) is 3.25. The Morgan fingerprint density at radius 2 is 2.04 bits per heavy atom. The third kappa shape index (κ3) is 3.01. The van der Waals surface area contributed by atoms with Gasteiger partial charge in [-0.25, -0.2) is 0 Å². The van der Waals surface area contributed by atoms with Crippen LogP contribution in [0.25, 0.3) is 10.2 Å². The maximum atomic E-state index is 12.4. The van der Waals surface area contributed by atoms with Gasteiger partial charge in [0.25, 0.3) is 11.5 Å². The quantitative estimate of drug-likeness (QED) is 0.717. The molecule has 1 saturated carbocycles. The van der Waals surface area contributed by atoms with Crippen LogP contribution in [0.15, 0.2) is 35.1 Å². The highest BCUT2D eigenvalue weighted by Crippen LogP contribution is 2.39. The molecule has 3 N–H and O–H groups in total. The predicted octanol–water partition coefficient (Wildman–Crippen LogP) is 3.93. The van der Waals surface area contributed by atoms with Crippen molar-refractivity contribution in [3.63, 3.8) is 0 Å². The van der Waals surface area contributed by atoms with E-state index in [2.05, 4.69) is 11.4 Å². The molecule has 5 nitrogen and oxygen atoms in total. The first kappa shape index (κ1) is 16.8. The van der Waals surface area contributed by atoms with Crippen LogP contribution >= 0.6 is 11.3 Å². The van der Waals surface area contributed by atoms with Gasteiger partial charge in [-0.15, -0.1) is 11.3 Å². The van der Waals surface area contributed by atoms with Crippen LogP contribution in [0.1, 0.15) is 33.6 Å². The summed E-state index contributed by atoms with van der Waals surface area (Å²) in [6.45, 7) is 4.77. The van der Waals surface area contributed by atoms with Crippen molar-refractivity contribution in [2.45, 2.75) is 33.2 Å². The highest BCUT2D eigenvalue weighted by Gasteiger charge is 2.25. The molecule has 0 spiro atoms. The van der Waals surface area contributed by atoms with Crippen molar-refractivity contribution in [3.05, 3.63) is 56.7 Å². The molecule has 0 radical (unpaired) electrons. The van der Waals surface area contributed by atoms with Crippen molar-refractivity contribution in [1.29, 1.82) is 0 Å². The Balaban J connectivity index is 1.88. The fourth-order valence-corrected chi connectivity index (χ4v) is 4.36. The van der Waals surface area contributed by atoms with Crippen LogP contribution < -0.4 is 16.6 Å². The second kappa shape index (κ2) is 6.29. The van der Waals surface area contributed by atoms with Gasteiger partial charge in [-0.2, -0.15) is 0 Å². The number of carbonyl (C=O) groups is 1. The summed E-state index contributed by atoms with van der Waals surface area (Å²) in [5.41, 5.74) is 9.50. The summed E-state index contributed by atoms with van der Waals surface area (Å²) in [4.78, 5) is 25.7. The van der Waals surface area contributed by atoms with Crippen LogP contribution in [-0.2, 0) is 6.54 Å². The smallest absolute Gasteiger partial charge is 0.261 e. The van der Waals surface area contributed by atoms with Gasteiger partial charge in [0.1, 0.15) is 9.71 Å². The first-order chi connectivity index (χ1) is 12.4. The fraction of sp³-hybridized carbons (Fsp3) is 0.300. The van der Waals surface area contributed by atoms with Gasteiger partial charge in [-0.05, 0) is 50.3 Å². The van der Waals surface area contributed by atoms with Crippen molar-refractivity contribution >= 4 is 38.8 Å². The summed E-state index contributed by atoms with van der Waals surface area (Å²) in [5.74, 6) is 0.0806. The molecule has 1 fully saturated rings. The number of aromatic nitrogens is 1. The summed E-state index contributed by atoms with van der Waals surface area (Å²) >= 11 is 1.30. The molecule has 1 aliphatic carbocycles. The number of amides is 1. The number of thiophene rings is 1. The van der Waals surface area contributed by atoms with Gasteiger partial charge >= 0.3 is 0 Å². The van der Waals surface area contributed by atoms with Gasteiger partial charge in [0.15, 0.2) is 0 Å². The molecule has 2 aromatic heterocycles. The molecule has 0 atom stereocenters. The van der Waals surface area contributed by atoms with Gasteiger partial charge < -0.3 is 11.1 Å². The van der Waals surface area contributed by atoms with Crippen LogP contribution in [0, 0.1) is 19.8 Å². The van der Waals surface area contributed by atoms with Gasteiger partial charge in [-0.1, -0.05) is 17.7 Å². The summed E-state index contributed by atoms with van der Waals surface area (Å²) in [7, 11) is 0. The molecule has 0 bridgehead atoms. The standard InChI is InChI=1S/C20H21N3O2S/c1-11-3-7-15(12(2)9-11)22-17-14-6-8-16(24)23(10-13-4-5-13)20(14)26-18(17)19(21)25/h3,6-9,13,22H,4-5,10H2,1-2H3,(H2,21,25). The molecule has 26 heavy (non-hydrogen) atoms. The number of rotatable bonds is 5. The van der Waals surface area contributed by atoms with Crippen LogP contribution in [0.4, 0.5) is 11.4 Å². The zero-order chi connectivity index (χ0) is 18.4. The van der Waals surface area contributed by atoms with E-state index in [-0.39, 0.29) is 5.56 Å². The van der Waals surface area contributed by atoms with E-state index in [1.807, 2.05) is 26.0 Å². The van der Waals surface area contributed by atoms with E-state index >= 15 is 0 Å². The Labute approximate surface area is 155 Å². The highest BCUT2D eigenvalue weighted by atomic mass is 32.1. The van der Waals surface area contributed by atoms with E-state index in [0.29, 0.717) is 23.0 Å². The van der Waals surface area contributed by atoms with Crippen molar-refractivity contribution in [2.24, 2.45) is 11.7 Å². The topological polar surface area (TPSA) is 77.1 Å². The molecular weight excluding hydrogens is 346 g/mol. The number of nitrogens with zero attached hydrogens (tertiary/aromatic N) is 1. The Hall–Kier alpha value is -2.60. The molecule has 4 rings (SSSR count). The second-order valence-corrected chi connectivity index (χ2v) is 8.06. The van der Waals surface area contributed by atoms with Crippen LogP contribution in [0.5, 0.6) is 0 Å². The van der Waals surface area contributed by atoms with E-state index < -0.39 is 5.91 Å². The molecule has 1 aromatic carbocycles. The summed E-state index contributed by atoms with van der Waals surface area (Å²) < 4.78 is 1.79. The molecule has 134 valence electrons. The number of pyridine rings is 1. The normalized spacial score (nSPS) is 13.9. The molecule has 0 saturated heterocycles. The molecule has 3 aromatic rings. The van der Waals surface area contributed by atoms with E-state index in [9.17, 15) is 9.59 Å². The first-order valence-corrected chi connectivity index (χ1v) is 9.56. The van der Waals surface area contributed by atoms with Crippen LogP contribution in [0.3, 0.4) is 0 Å². The molecule has 0 unspecified atom stereocenters. The lowest BCUT2D eigenvalue weighted by molar-refractivity contribution is 0.100. The van der Waals surface area contributed by atoms with Gasteiger partial charge in [0.05, 0.1) is 5.69 Å². The van der Waals surface area contributed by atoms with E-state index in [1.54, 1.807) is 16.7 Å². The number of carbonyl (C=O) groups excluding carboxylic acids is 1. The number of nitrogens with two attached hydrogens (primary N) is 1. The average Bonchev–Trinajstić information content (AvgIpc) is 3.32. The Kier molecular flexibility index (Phi) is 4.07. The van der Waals surface area contributed by atoms with Gasteiger partial charge in [-0.3, -0.25) is 14.2 Å². The number of anilines is 2. The maximum absolute atomic E-state index is 12.4. The van der Waals surface area contributed by atoms with Gasteiger partial charge in [0.2, 0.25) is 0 Å². The molecular formula is C20H21N3O2S. The monoisotopic (exact) mass is 367 g/mol. The number of benzene rings is 1. The molecule has 1 amide bonds. The SMILES string of the molecule is Cc1ccc(Nc2c(C(N)=O)sc3c2ccc(=O)n3CC2CC2)c(C)c1. The number of primary amides is 1. The Bertz CT molecular complexity index is 1080. The zero-order valence-electron chi connectivity index (χ0n) is 14.8. The summed E-state index contributed by atoms with van der Waals surface area (Å²) in [6.07, 6.45) is 2.31. The molecule has 6 heteroatoms. The second-order valence-electron chi connectivity index (χ2n) is 7.06. The van der Waals surface area contributed by atoms with E-state index in [4.69, 9.17) is 5.73 Å². The van der Waals surface area contributed by atoms with E-state index in [1.165, 1.54) is 16.9 Å². The first-order valence-electron chi connectivity index (χ1n) is 8.74. The Morgan fingerprint density at radius 3 is 2.69 bits per heavy atom. The van der Waals surface area contributed by atoms with Crippen LogP contribution in [0.2, 0.25) is 0 Å². The highest BCUT2D eigenvalue weighted by molar-refractivity contribution is 7.21. The number of aryl methyl sites for hydroxylation is 2. The van der Waals surface area contributed by atoms with Crippen molar-refractivity contribution in [2.75, 3.05) is 5.32 Å². The summed E-state index contributed by atoms with van der Waals surface area (Å²) in [6, 6.07) is 9.48. The lowest BCUT2D eigenvalue weighted by atomic mass is 10.1. The number of nitrogens with one attached hydrogen (secondary N) is 1. The minimum atomic E-state index is -0.483. The lowest BCUT2D eigenvalue weighted by Gasteiger charge is -2.11. The third-order valence-corrected chi connectivity index (χ3v) is 6.08. The molecule has 1 aliphatic rings. The average molecular weight is 367 g/mol. The zero-order valence-corrected chi connectivity index (χ0v) is 15.7. The maximum Gasteiger partial charge on any atom is 0.261 e. The third-order valence-electron chi connectivity index (χ3n) is 4.83. The lowest BCUT2D eigenvalue weighted by Crippen LogP contribution is -2.19. The van der Waals surface area contributed by atoms with Crippen molar-refractivity contribution < 1.29 is 4.79 Å².